The average Bonchev–Trinajstić information content (AvgIpc) is 2.48. The molecule has 0 aliphatic carbocycles. The molecule has 2 unspecified atom stereocenters. The summed E-state index contributed by atoms with van der Waals surface area (Å²) in [5.74, 6) is 0.902. The van der Waals surface area contributed by atoms with Gasteiger partial charge in [0.2, 0.25) is 11.8 Å². The minimum atomic E-state index is -0.0110. The van der Waals surface area contributed by atoms with E-state index in [4.69, 9.17) is 0 Å². The lowest BCUT2D eigenvalue weighted by Gasteiger charge is -2.45. The Labute approximate surface area is 120 Å². The molecule has 2 amide bonds. The zero-order chi connectivity index (χ0) is 14.1. The molecule has 4 aliphatic heterocycles. The van der Waals surface area contributed by atoms with Crippen LogP contribution < -0.4 is 5.32 Å². The highest BCUT2D eigenvalue weighted by molar-refractivity contribution is 5.81. The third-order valence-corrected chi connectivity index (χ3v) is 5.22. The number of piperidine rings is 4. The summed E-state index contributed by atoms with van der Waals surface area (Å²) < 4.78 is 0. The van der Waals surface area contributed by atoms with Gasteiger partial charge in [-0.1, -0.05) is 0 Å². The third kappa shape index (κ3) is 2.82. The molecule has 4 saturated heterocycles. The maximum absolute atomic E-state index is 12.4. The second-order valence-corrected chi connectivity index (χ2v) is 6.56. The topological polar surface area (TPSA) is 52.7 Å². The van der Waals surface area contributed by atoms with E-state index in [-0.39, 0.29) is 17.7 Å². The zero-order valence-corrected chi connectivity index (χ0v) is 12.3. The van der Waals surface area contributed by atoms with Crippen molar-refractivity contribution in [1.29, 1.82) is 0 Å². The molecule has 2 atom stereocenters. The maximum atomic E-state index is 12.4. The number of hydrogen-bond donors (Lipinski definition) is 1. The molecule has 2 bridgehead atoms. The number of hydrogen-bond acceptors (Lipinski definition) is 3. The summed E-state index contributed by atoms with van der Waals surface area (Å²) in [6.45, 7) is 6.39. The fourth-order valence-corrected chi connectivity index (χ4v) is 3.91. The van der Waals surface area contributed by atoms with Crippen LogP contribution in [0.5, 0.6) is 0 Å². The fourth-order valence-electron chi connectivity index (χ4n) is 3.91. The normalized spacial score (nSPS) is 36.8. The SMILES string of the molecule is CC(=O)N1CCCC(C(=O)NC2CN3CCC2CC3)C1. The summed E-state index contributed by atoms with van der Waals surface area (Å²) in [7, 11) is 0. The van der Waals surface area contributed by atoms with Crippen LogP contribution in [-0.4, -0.2) is 60.4 Å². The van der Waals surface area contributed by atoms with E-state index in [1.54, 1.807) is 6.92 Å². The zero-order valence-electron chi connectivity index (χ0n) is 12.3. The number of amides is 2. The molecule has 4 heterocycles. The van der Waals surface area contributed by atoms with Crippen LogP contribution in [0.3, 0.4) is 0 Å². The summed E-state index contributed by atoms with van der Waals surface area (Å²) in [4.78, 5) is 28.2. The van der Waals surface area contributed by atoms with Gasteiger partial charge in [0.05, 0.1) is 5.92 Å². The molecule has 0 aromatic carbocycles. The predicted octanol–water partition coefficient (Wildman–Crippen LogP) is 0.455. The third-order valence-electron chi connectivity index (χ3n) is 5.22. The van der Waals surface area contributed by atoms with Crippen molar-refractivity contribution in [2.24, 2.45) is 11.8 Å². The summed E-state index contributed by atoms with van der Waals surface area (Å²) in [5.41, 5.74) is 0. The molecule has 0 radical (unpaired) electrons. The molecule has 20 heavy (non-hydrogen) atoms. The number of carbonyl (C=O) groups is 2. The molecule has 0 aromatic rings. The summed E-state index contributed by atoms with van der Waals surface area (Å²) in [6, 6.07) is 0.331. The van der Waals surface area contributed by atoms with Crippen molar-refractivity contribution in [3.8, 4) is 0 Å². The van der Waals surface area contributed by atoms with Gasteiger partial charge in [0.1, 0.15) is 0 Å². The second-order valence-electron chi connectivity index (χ2n) is 6.56. The number of rotatable bonds is 2. The van der Waals surface area contributed by atoms with E-state index in [1.807, 2.05) is 4.90 Å². The Hall–Kier alpha value is -1.10. The Morgan fingerprint density at radius 1 is 1.05 bits per heavy atom. The van der Waals surface area contributed by atoms with Gasteiger partial charge < -0.3 is 15.1 Å². The second kappa shape index (κ2) is 5.72. The Kier molecular flexibility index (Phi) is 3.96. The number of likely N-dealkylation sites (tertiary alicyclic amines) is 1. The highest BCUT2D eigenvalue weighted by Crippen LogP contribution is 2.28. The van der Waals surface area contributed by atoms with Crippen LogP contribution in [0.15, 0.2) is 0 Å². The van der Waals surface area contributed by atoms with Crippen molar-refractivity contribution in [3.05, 3.63) is 0 Å². The van der Waals surface area contributed by atoms with E-state index in [2.05, 4.69) is 10.2 Å². The first-order valence-corrected chi connectivity index (χ1v) is 7.91. The number of nitrogens with one attached hydrogen (secondary N) is 1. The Balaban J connectivity index is 1.55. The van der Waals surface area contributed by atoms with Crippen LogP contribution in [0.1, 0.15) is 32.6 Å². The molecule has 5 heteroatoms. The number of carbonyl (C=O) groups excluding carboxylic acids is 2. The van der Waals surface area contributed by atoms with Crippen molar-refractivity contribution in [2.45, 2.75) is 38.6 Å². The van der Waals surface area contributed by atoms with E-state index in [0.29, 0.717) is 18.5 Å². The number of fused-ring (bicyclic) bond motifs is 3. The Bertz CT molecular complexity index is 391. The van der Waals surface area contributed by atoms with Gasteiger partial charge >= 0.3 is 0 Å². The molecule has 4 fully saturated rings. The van der Waals surface area contributed by atoms with Crippen molar-refractivity contribution in [1.82, 2.24) is 15.1 Å². The van der Waals surface area contributed by atoms with Crippen molar-refractivity contribution < 1.29 is 9.59 Å². The van der Waals surface area contributed by atoms with Gasteiger partial charge in [-0.05, 0) is 44.7 Å². The van der Waals surface area contributed by atoms with Crippen LogP contribution in [0.25, 0.3) is 0 Å². The highest BCUT2D eigenvalue weighted by Gasteiger charge is 2.36. The summed E-state index contributed by atoms with van der Waals surface area (Å²) in [6.07, 6.45) is 4.29. The van der Waals surface area contributed by atoms with Gasteiger partial charge in [-0.2, -0.15) is 0 Å². The molecular formula is C15H25N3O2. The van der Waals surface area contributed by atoms with Crippen LogP contribution >= 0.6 is 0 Å². The first-order valence-electron chi connectivity index (χ1n) is 7.91. The summed E-state index contributed by atoms with van der Waals surface area (Å²) in [5, 5.41) is 3.26. The average molecular weight is 279 g/mol. The van der Waals surface area contributed by atoms with Gasteiger partial charge in [-0.25, -0.2) is 0 Å². The lowest BCUT2D eigenvalue weighted by atomic mass is 9.83. The fraction of sp³-hybridized carbons (Fsp3) is 0.867. The molecule has 1 N–H and O–H groups in total. The van der Waals surface area contributed by atoms with Crippen molar-refractivity contribution in [2.75, 3.05) is 32.7 Å². The molecule has 4 rings (SSSR count). The monoisotopic (exact) mass is 279 g/mol. The standard InChI is InChI=1S/C15H25N3O2/c1-11(19)18-6-2-3-13(9-18)15(20)16-14-10-17-7-4-12(14)5-8-17/h12-14H,2-10H2,1H3,(H,16,20). The first-order chi connectivity index (χ1) is 9.63. The maximum Gasteiger partial charge on any atom is 0.225 e. The highest BCUT2D eigenvalue weighted by atomic mass is 16.2. The lowest BCUT2D eigenvalue weighted by molar-refractivity contribution is -0.134. The van der Waals surface area contributed by atoms with Gasteiger partial charge in [0, 0.05) is 32.6 Å². The predicted molar refractivity (Wildman–Crippen MR) is 76.1 cm³/mol. The van der Waals surface area contributed by atoms with Crippen LogP contribution in [0.4, 0.5) is 0 Å². The van der Waals surface area contributed by atoms with Gasteiger partial charge in [0.25, 0.3) is 0 Å². The van der Waals surface area contributed by atoms with Crippen LogP contribution in [-0.2, 0) is 9.59 Å². The quantitative estimate of drug-likeness (QED) is 0.799. The first kappa shape index (κ1) is 13.9. The van der Waals surface area contributed by atoms with E-state index >= 15 is 0 Å². The molecular weight excluding hydrogens is 254 g/mol. The van der Waals surface area contributed by atoms with Crippen molar-refractivity contribution >= 4 is 11.8 Å². The van der Waals surface area contributed by atoms with E-state index in [1.165, 1.54) is 25.9 Å². The van der Waals surface area contributed by atoms with Gasteiger partial charge in [0.15, 0.2) is 0 Å². The molecule has 5 nitrogen and oxygen atoms in total. The molecule has 0 aromatic heterocycles. The smallest absolute Gasteiger partial charge is 0.225 e. The Morgan fingerprint density at radius 3 is 2.40 bits per heavy atom. The van der Waals surface area contributed by atoms with Crippen LogP contribution in [0, 0.1) is 11.8 Å². The minimum absolute atomic E-state index is 0.0110. The Morgan fingerprint density at radius 2 is 1.80 bits per heavy atom. The largest absolute Gasteiger partial charge is 0.352 e. The van der Waals surface area contributed by atoms with Gasteiger partial charge in [-0.15, -0.1) is 0 Å². The minimum Gasteiger partial charge on any atom is -0.352 e. The number of nitrogens with zero attached hydrogens (tertiary/aromatic N) is 2. The van der Waals surface area contributed by atoms with Gasteiger partial charge in [-0.3, -0.25) is 9.59 Å². The van der Waals surface area contributed by atoms with Crippen LogP contribution in [0.2, 0.25) is 0 Å². The molecule has 0 saturated carbocycles. The molecule has 112 valence electrons. The lowest BCUT2D eigenvalue weighted by Crippen LogP contribution is -2.58. The van der Waals surface area contributed by atoms with E-state index < -0.39 is 0 Å². The van der Waals surface area contributed by atoms with E-state index in [9.17, 15) is 9.59 Å². The summed E-state index contributed by atoms with van der Waals surface area (Å²) >= 11 is 0. The molecule has 4 aliphatic rings. The molecule has 0 spiro atoms. The van der Waals surface area contributed by atoms with E-state index in [0.717, 1.165) is 25.9 Å². The van der Waals surface area contributed by atoms with Crippen molar-refractivity contribution in [3.63, 3.8) is 0 Å².